The highest BCUT2D eigenvalue weighted by atomic mass is 19.1. The van der Waals surface area contributed by atoms with Crippen LogP contribution in [0.3, 0.4) is 0 Å². The van der Waals surface area contributed by atoms with Gasteiger partial charge in [0.2, 0.25) is 0 Å². The van der Waals surface area contributed by atoms with E-state index in [1.54, 1.807) is 30.3 Å². The molecule has 0 amide bonds. The number of aliphatic imine (C=N–C) groups is 1. The van der Waals surface area contributed by atoms with E-state index in [-0.39, 0.29) is 17.1 Å². The number of fused-ring (bicyclic) bond motifs is 1. The van der Waals surface area contributed by atoms with Crippen molar-refractivity contribution >= 4 is 23.2 Å². The maximum Gasteiger partial charge on any atom is 0.141 e. The van der Waals surface area contributed by atoms with Gasteiger partial charge in [0.1, 0.15) is 17.3 Å². The van der Waals surface area contributed by atoms with Crippen LogP contribution < -0.4 is 4.90 Å². The number of hydrogen-bond donors (Lipinski definition) is 1. The second-order valence-corrected chi connectivity index (χ2v) is 6.68. The molecular formula is C20H21FN2O. The summed E-state index contributed by atoms with van der Waals surface area (Å²) in [5, 5.41) is 9.76. The Kier molecular flexibility index (Phi) is 3.91. The lowest BCUT2D eigenvalue weighted by Crippen LogP contribution is -2.42. The van der Waals surface area contributed by atoms with Crippen molar-refractivity contribution in [3.63, 3.8) is 0 Å². The zero-order valence-corrected chi connectivity index (χ0v) is 14.3. The van der Waals surface area contributed by atoms with Gasteiger partial charge in [0.05, 0.1) is 5.54 Å². The van der Waals surface area contributed by atoms with Crippen molar-refractivity contribution in [3.05, 3.63) is 59.4 Å². The zero-order valence-electron chi connectivity index (χ0n) is 14.3. The molecule has 0 fully saturated rings. The molecular weight excluding hydrogens is 303 g/mol. The fourth-order valence-corrected chi connectivity index (χ4v) is 3.00. The molecule has 1 aliphatic rings. The summed E-state index contributed by atoms with van der Waals surface area (Å²) in [4.78, 5) is 6.28. The van der Waals surface area contributed by atoms with E-state index in [9.17, 15) is 9.50 Å². The third kappa shape index (κ3) is 2.80. The highest BCUT2D eigenvalue weighted by Crippen LogP contribution is 2.38. The lowest BCUT2D eigenvalue weighted by molar-refractivity contribution is 0.477. The van der Waals surface area contributed by atoms with Gasteiger partial charge in [-0.05, 0) is 50.6 Å². The molecule has 0 bridgehead atoms. The summed E-state index contributed by atoms with van der Waals surface area (Å²) in [5.41, 5.74) is 3.65. The van der Waals surface area contributed by atoms with Gasteiger partial charge in [0.15, 0.2) is 0 Å². The first-order valence-corrected chi connectivity index (χ1v) is 7.89. The highest BCUT2D eigenvalue weighted by molar-refractivity contribution is 5.89. The van der Waals surface area contributed by atoms with E-state index >= 15 is 0 Å². The number of halogens is 1. The molecule has 0 aliphatic carbocycles. The molecule has 4 heteroatoms. The quantitative estimate of drug-likeness (QED) is 0.796. The molecule has 0 aromatic heterocycles. The lowest BCUT2D eigenvalue weighted by Gasteiger charge is -2.40. The van der Waals surface area contributed by atoms with E-state index in [2.05, 4.69) is 29.8 Å². The Morgan fingerprint density at radius 2 is 1.92 bits per heavy atom. The average Bonchev–Trinajstić information content (AvgIpc) is 2.52. The Hall–Kier alpha value is -2.62. The molecule has 24 heavy (non-hydrogen) atoms. The largest absolute Gasteiger partial charge is 0.506 e. The Balaban J connectivity index is 2.04. The van der Waals surface area contributed by atoms with Gasteiger partial charge in [0.25, 0.3) is 0 Å². The van der Waals surface area contributed by atoms with Gasteiger partial charge in [-0.15, -0.1) is 0 Å². The molecule has 1 N–H and O–H groups in total. The molecule has 3 nitrogen and oxygen atoms in total. The standard InChI is InChI=1S/C20H21FN2O/c1-13-11-20(2,3)23(4)18-10-16(21)14(9-15(13)18)12-22-17-7-5-6-8-19(17)24/h5-12,24H,1-4H3. The Labute approximate surface area is 141 Å². The molecule has 1 heterocycles. The molecule has 1 aliphatic heterocycles. The molecule has 2 aromatic rings. The maximum absolute atomic E-state index is 14.5. The molecule has 0 radical (unpaired) electrons. The van der Waals surface area contributed by atoms with E-state index in [1.165, 1.54) is 6.21 Å². The number of likely N-dealkylation sites (N-methyl/N-ethyl adjacent to an activating group) is 1. The summed E-state index contributed by atoms with van der Waals surface area (Å²) in [6.45, 7) is 6.24. The summed E-state index contributed by atoms with van der Waals surface area (Å²) in [6.07, 6.45) is 3.63. The number of phenols is 1. The Bertz CT molecular complexity index is 853. The molecule has 124 valence electrons. The van der Waals surface area contributed by atoms with Crippen molar-refractivity contribution in [2.24, 2.45) is 4.99 Å². The minimum Gasteiger partial charge on any atom is -0.506 e. The zero-order chi connectivity index (χ0) is 17.5. The van der Waals surface area contributed by atoms with E-state index in [0.29, 0.717) is 11.3 Å². The Morgan fingerprint density at radius 3 is 2.62 bits per heavy atom. The van der Waals surface area contributed by atoms with Crippen LogP contribution in [0.1, 0.15) is 31.9 Å². The number of rotatable bonds is 2. The van der Waals surface area contributed by atoms with Crippen molar-refractivity contribution in [1.29, 1.82) is 0 Å². The van der Waals surface area contributed by atoms with Crippen molar-refractivity contribution in [1.82, 2.24) is 0 Å². The second kappa shape index (κ2) is 5.78. The molecule has 2 aromatic carbocycles. The normalized spacial score (nSPS) is 16.2. The van der Waals surface area contributed by atoms with Gasteiger partial charge in [-0.2, -0.15) is 0 Å². The number of aromatic hydroxyl groups is 1. The predicted octanol–water partition coefficient (Wildman–Crippen LogP) is 4.91. The highest BCUT2D eigenvalue weighted by Gasteiger charge is 2.29. The molecule has 0 saturated heterocycles. The minimum atomic E-state index is -0.328. The van der Waals surface area contributed by atoms with E-state index in [0.717, 1.165) is 16.8 Å². The van der Waals surface area contributed by atoms with Gasteiger partial charge < -0.3 is 10.0 Å². The molecule has 0 saturated carbocycles. The fraction of sp³-hybridized carbons (Fsp3) is 0.250. The third-order valence-electron chi connectivity index (χ3n) is 4.56. The summed E-state index contributed by atoms with van der Waals surface area (Å²) in [5.74, 6) is -0.255. The number of benzene rings is 2. The number of para-hydroxylation sites is 2. The predicted molar refractivity (Wildman–Crippen MR) is 97.9 cm³/mol. The minimum absolute atomic E-state index is 0.0738. The summed E-state index contributed by atoms with van der Waals surface area (Å²) >= 11 is 0. The first-order valence-electron chi connectivity index (χ1n) is 7.89. The Morgan fingerprint density at radius 1 is 1.21 bits per heavy atom. The molecule has 0 spiro atoms. The topological polar surface area (TPSA) is 35.8 Å². The van der Waals surface area contributed by atoms with Gasteiger partial charge in [0, 0.05) is 30.1 Å². The monoisotopic (exact) mass is 324 g/mol. The average molecular weight is 324 g/mol. The van der Waals surface area contributed by atoms with Gasteiger partial charge in [-0.3, -0.25) is 4.99 Å². The van der Waals surface area contributed by atoms with Crippen LogP contribution in [0, 0.1) is 5.82 Å². The number of anilines is 1. The summed E-state index contributed by atoms with van der Waals surface area (Å²) in [6, 6.07) is 10.1. The number of hydrogen-bond acceptors (Lipinski definition) is 3. The van der Waals surface area contributed by atoms with Crippen molar-refractivity contribution < 1.29 is 9.50 Å². The smallest absolute Gasteiger partial charge is 0.141 e. The van der Waals surface area contributed by atoms with Crippen LogP contribution in [0.15, 0.2) is 47.5 Å². The van der Waals surface area contributed by atoms with Crippen LogP contribution in [0.25, 0.3) is 5.57 Å². The van der Waals surface area contributed by atoms with Gasteiger partial charge in [-0.25, -0.2) is 4.39 Å². The number of allylic oxidation sites excluding steroid dienone is 1. The molecule has 0 atom stereocenters. The van der Waals surface area contributed by atoms with Crippen LogP contribution in [-0.2, 0) is 0 Å². The number of phenolic OH excluding ortho intramolecular Hbond substituents is 1. The lowest BCUT2D eigenvalue weighted by atomic mass is 9.88. The van der Waals surface area contributed by atoms with Crippen LogP contribution in [-0.4, -0.2) is 23.9 Å². The number of nitrogens with zero attached hydrogens (tertiary/aromatic N) is 2. The summed E-state index contributed by atoms with van der Waals surface area (Å²) in [7, 11) is 1.97. The van der Waals surface area contributed by atoms with E-state index < -0.39 is 0 Å². The van der Waals surface area contributed by atoms with Crippen LogP contribution in [0.4, 0.5) is 15.8 Å². The second-order valence-electron chi connectivity index (χ2n) is 6.68. The fourth-order valence-electron chi connectivity index (χ4n) is 3.00. The first-order chi connectivity index (χ1) is 11.3. The van der Waals surface area contributed by atoms with Crippen molar-refractivity contribution in [2.45, 2.75) is 26.3 Å². The molecule has 0 unspecified atom stereocenters. The third-order valence-corrected chi connectivity index (χ3v) is 4.56. The van der Waals surface area contributed by atoms with Crippen LogP contribution in [0.5, 0.6) is 5.75 Å². The molecule has 3 rings (SSSR count). The summed E-state index contributed by atoms with van der Waals surface area (Å²) < 4.78 is 14.5. The van der Waals surface area contributed by atoms with E-state index in [1.807, 2.05) is 20.0 Å². The maximum atomic E-state index is 14.5. The first kappa shape index (κ1) is 16.2. The van der Waals surface area contributed by atoms with Gasteiger partial charge in [-0.1, -0.05) is 18.2 Å². The van der Waals surface area contributed by atoms with Crippen LogP contribution in [0.2, 0.25) is 0 Å². The van der Waals surface area contributed by atoms with Gasteiger partial charge >= 0.3 is 0 Å². The SMILES string of the molecule is CC1=CC(C)(C)N(C)c2cc(F)c(C=Nc3ccccc3O)cc21. The van der Waals surface area contributed by atoms with Crippen molar-refractivity contribution in [2.75, 3.05) is 11.9 Å². The van der Waals surface area contributed by atoms with Crippen LogP contribution >= 0.6 is 0 Å². The van der Waals surface area contributed by atoms with E-state index in [4.69, 9.17) is 0 Å². The van der Waals surface area contributed by atoms with Crippen molar-refractivity contribution in [3.8, 4) is 5.75 Å².